The molecule has 0 aliphatic rings. The number of carbonyl (C=O) groups excluding carboxylic acids is 1. The second kappa shape index (κ2) is 6.06. The second-order valence-corrected chi connectivity index (χ2v) is 4.33. The number of nitrogen functional groups attached to an aromatic ring is 1. The maximum Gasteiger partial charge on any atom is 0.262 e. The van der Waals surface area contributed by atoms with Gasteiger partial charge < -0.3 is 15.8 Å². The van der Waals surface area contributed by atoms with Crippen LogP contribution >= 0.6 is 0 Å². The molecular weight excluding hydrogens is 259 g/mol. The summed E-state index contributed by atoms with van der Waals surface area (Å²) >= 11 is 0. The quantitative estimate of drug-likeness (QED) is 0.842. The van der Waals surface area contributed by atoms with Crippen LogP contribution in [-0.4, -0.2) is 12.5 Å². The van der Waals surface area contributed by atoms with Crippen LogP contribution in [0.5, 0.6) is 5.75 Å². The highest BCUT2D eigenvalue weighted by Gasteiger charge is 2.07. The molecule has 3 N–H and O–H groups in total. The molecule has 0 aliphatic carbocycles. The van der Waals surface area contributed by atoms with Crippen LogP contribution in [0.2, 0.25) is 0 Å². The van der Waals surface area contributed by atoms with Gasteiger partial charge in [-0.05, 0) is 36.8 Å². The van der Waals surface area contributed by atoms with Crippen LogP contribution in [0.25, 0.3) is 0 Å². The summed E-state index contributed by atoms with van der Waals surface area (Å²) in [5.41, 5.74) is 7.36. The largest absolute Gasteiger partial charge is 0.482 e. The van der Waals surface area contributed by atoms with Crippen LogP contribution in [0, 0.1) is 12.7 Å². The third kappa shape index (κ3) is 3.47. The van der Waals surface area contributed by atoms with Crippen molar-refractivity contribution in [1.82, 2.24) is 0 Å². The lowest BCUT2D eigenvalue weighted by Gasteiger charge is -2.10. The smallest absolute Gasteiger partial charge is 0.262 e. The Labute approximate surface area is 116 Å². The lowest BCUT2D eigenvalue weighted by molar-refractivity contribution is -0.118. The fraction of sp³-hybridized carbons (Fsp3) is 0.133. The molecule has 2 aromatic carbocycles. The number of amides is 1. The first-order chi connectivity index (χ1) is 9.56. The molecule has 0 radical (unpaired) electrons. The van der Waals surface area contributed by atoms with E-state index in [-0.39, 0.29) is 12.5 Å². The molecule has 0 fully saturated rings. The predicted molar refractivity (Wildman–Crippen MR) is 76.1 cm³/mol. The van der Waals surface area contributed by atoms with Gasteiger partial charge in [-0.1, -0.05) is 18.2 Å². The van der Waals surface area contributed by atoms with Gasteiger partial charge in [-0.3, -0.25) is 4.79 Å². The Morgan fingerprint density at radius 3 is 2.80 bits per heavy atom. The molecule has 0 saturated heterocycles. The van der Waals surface area contributed by atoms with Gasteiger partial charge in [0, 0.05) is 5.69 Å². The normalized spacial score (nSPS) is 10.1. The second-order valence-electron chi connectivity index (χ2n) is 4.33. The van der Waals surface area contributed by atoms with E-state index in [0.717, 1.165) is 5.56 Å². The van der Waals surface area contributed by atoms with Gasteiger partial charge in [0.15, 0.2) is 6.61 Å². The molecule has 2 aromatic rings. The van der Waals surface area contributed by atoms with Gasteiger partial charge in [-0.15, -0.1) is 0 Å². The first kappa shape index (κ1) is 13.9. The molecule has 0 aliphatic heterocycles. The lowest BCUT2D eigenvalue weighted by atomic mass is 10.2. The van der Waals surface area contributed by atoms with Gasteiger partial charge in [0.2, 0.25) is 0 Å². The summed E-state index contributed by atoms with van der Waals surface area (Å²) in [6, 6.07) is 11.1. The standard InChI is InChI=1S/C15H15FN2O2/c1-10-6-7-11(16)8-13(10)18-15(19)9-20-14-5-3-2-4-12(14)17/h2-8H,9,17H2,1H3,(H,18,19). The number of nitrogens with one attached hydrogen (secondary N) is 1. The van der Waals surface area contributed by atoms with E-state index in [1.807, 2.05) is 0 Å². The van der Waals surface area contributed by atoms with Crippen molar-refractivity contribution in [2.45, 2.75) is 6.92 Å². The van der Waals surface area contributed by atoms with Crippen molar-refractivity contribution in [3.05, 3.63) is 53.8 Å². The Balaban J connectivity index is 1.96. The number of halogens is 1. The minimum atomic E-state index is -0.404. The molecule has 20 heavy (non-hydrogen) atoms. The summed E-state index contributed by atoms with van der Waals surface area (Å²) in [7, 11) is 0. The number of benzene rings is 2. The van der Waals surface area contributed by atoms with Gasteiger partial charge >= 0.3 is 0 Å². The van der Waals surface area contributed by atoms with Gasteiger partial charge in [0.1, 0.15) is 11.6 Å². The molecule has 0 saturated carbocycles. The number of rotatable bonds is 4. The van der Waals surface area contributed by atoms with E-state index in [0.29, 0.717) is 17.1 Å². The Morgan fingerprint density at radius 2 is 2.05 bits per heavy atom. The summed E-state index contributed by atoms with van der Waals surface area (Å²) in [6.45, 7) is 1.59. The van der Waals surface area contributed by atoms with Crippen molar-refractivity contribution in [3.63, 3.8) is 0 Å². The van der Waals surface area contributed by atoms with Crippen molar-refractivity contribution in [2.75, 3.05) is 17.7 Å². The van der Waals surface area contributed by atoms with Gasteiger partial charge in [-0.25, -0.2) is 4.39 Å². The minimum absolute atomic E-state index is 0.190. The minimum Gasteiger partial charge on any atom is -0.482 e. The summed E-state index contributed by atoms with van der Waals surface area (Å²) in [4.78, 5) is 11.8. The van der Waals surface area contributed by atoms with Crippen LogP contribution in [0.1, 0.15) is 5.56 Å². The summed E-state index contributed by atoms with van der Waals surface area (Å²) in [5.74, 6) is -0.334. The Morgan fingerprint density at radius 1 is 1.30 bits per heavy atom. The molecule has 5 heteroatoms. The van der Waals surface area contributed by atoms with Crippen LogP contribution in [0.15, 0.2) is 42.5 Å². The van der Waals surface area contributed by atoms with Crippen molar-refractivity contribution >= 4 is 17.3 Å². The average molecular weight is 274 g/mol. The van der Waals surface area contributed by atoms with Crippen molar-refractivity contribution in [3.8, 4) is 5.75 Å². The molecule has 1 amide bonds. The highest BCUT2D eigenvalue weighted by Crippen LogP contribution is 2.20. The Bertz CT molecular complexity index is 629. The third-order valence-corrected chi connectivity index (χ3v) is 2.75. The third-order valence-electron chi connectivity index (χ3n) is 2.75. The first-order valence-corrected chi connectivity index (χ1v) is 6.09. The molecule has 0 spiro atoms. The SMILES string of the molecule is Cc1ccc(F)cc1NC(=O)COc1ccccc1N. The molecule has 0 unspecified atom stereocenters. The maximum atomic E-state index is 13.1. The van der Waals surface area contributed by atoms with Crippen LogP contribution < -0.4 is 15.8 Å². The van der Waals surface area contributed by atoms with E-state index in [9.17, 15) is 9.18 Å². The van der Waals surface area contributed by atoms with E-state index in [4.69, 9.17) is 10.5 Å². The van der Waals surface area contributed by atoms with Crippen LogP contribution in [0.4, 0.5) is 15.8 Å². The molecular formula is C15H15FN2O2. The van der Waals surface area contributed by atoms with E-state index >= 15 is 0 Å². The van der Waals surface area contributed by atoms with E-state index in [2.05, 4.69) is 5.32 Å². The monoisotopic (exact) mass is 274 g/mol. The van der Waals surface area contributed by atoms with E-state index in [1.54, 1.807) is 37.3 Å². The number of anilines is 2. The molecule has 2 rings (SSSR count). The van der Waals surface area contributed by atoms with Crippen molar-refractivity contribution in [1.29, 1.82) is 0 Å². The average Bonchev–Trinajstić information content (AvgIpc) is 2.42. The Kier molecular flexibility index (Phi) is 4.20. The van der Waals surface area contributed by atoms with Gasteiger partial charge in [-0.2, -0.15) is 0 Å². The van der Waals surface area contributed by atoms with Crippen LogP contribution in [-0.2, 0) is 4.79 Å². The topological polar surface area (TPSA) is 64.3 Å². The highest BCUT2D eigenvalue weighted by molar-refractivity contribution is 5.92. The zero-order valence-corrected chi connectivity index (χ0v) is 11.0. The first-order valence-electron chi connectivity index (χ1n) is 6.09. The molecule has 0 bridgehead atoms. The number of ether oxygens (including phenoxy) is 1. The van der Waals surface area contributed by atoms with Crippen molar-refractivity contribution < 1.29 is 13.9 Å². The number of nitrogens with two attached hydrogens (primary N) is 1. The van der Waals surface area contributed by atoms with E-state index < -0.39 is 5.82 Å². The van der Waals surface area contributed by atoms with E-state index in [1.165, 1.54) is 12.1 Å². The fourth-order valence-corrected chi connectivity index (χ4v) is 1.67. The molecule has 0 atom stereocenters. The summed E-state index contributed by atoms with van der Waals surface area (Å²) < 4.78 is 18.4. The predicted octanol–water partition coefficient (Wildman–Crippen LogP) is 2.73. The molecule has 4 nitrogen and oxygen atoms in total. The molecule has 0 heterocycles. The number of carbonyl (C=O) groups is 1. The Hall–Kier alpha value is -2.56. The van der Waals surface area contributed by atoms with Crippen LogP contribution in [0.3, 0.4) is 0 Å². The van der Waals surface area contributed by atoms with Gasteiger partial charge in [0.25, 0.3) is 5.91 Å². The highest BCUT2D eigenvalue weighted by atomic mass is 19.1. The summed E-state index contributed by atoms with van der Waals surface area (Å²) in [5, 5.41) is 2.60. The number of para-hydroxylation sites is 2. The zero-order valence-electron chi connectivity index (χ0n) is 11.0. The molecule has 0 aromatic heterocycles. The van der Waals surface area contributed by atoms with Gasteiger partial charge in [0.05, 0.1) is 5.69 Å². The lowest BCUT2D eigenvalue weighted by Crippen LogP contribution is -2.21. The number of hydrogen-bond donors (Lipinski definition) is 2. The zero-order chi connectivity index (χ0) is 14.5. The summed E-state index contributed by atoms with van der Waals surface area (Å²) in [6.07, 6.45) is 0. The maximum absolute atomic E-state index is 13.1. The number of hydrogen-bond acceptors (Lipinski definition) is 3. The van der Waals surface area contributed by atoms with Crippen molar-refractivity contribution in [2.24, 2.45) is 0 Å². The molecule has 104 valence electrons. The number of aryl methyl sites for hydroxylation is 1. The fourth-order valence-electron chi connectivity index (χ4n) is 1.67.